The second kappa shape index (κ2) is 6.42. The fourth-order valence-electron chi connectivity index (χ4n) is 1.08. The maximum atomic E-state index is 11.2. The third kappa shape index (κ3) is 4.06. The van der Waals surface area contributed by atoms with E-state index in [0.29, 0.717) is 12.0 Å². The van der Waals surface area contributed by atoms with Crippen molar-refractivity contribution in [1.29, 1.82) is 0 Å². The molecule has 1 N–H and O–H groups in total. The Kier molecular flexibility index (Phi) is 4.87. The quantitative estimate of drug-likeness (QED) is 0.276. The van der Waals surface area contributed by atoms with Gasteiger partial charge in [-0.05, 0) is 26.0 Å². The fraction of sp³-hybridized carbons (Fsp3) is 0.250. The number of rotatable bonds is 5. The first-order valence-electron chi connectivity index (χ1n) is 5.20. The van der Waals surface area contributed by atoms with Gasteiger partial charge < -0.3 is 4.74 Å². The van der Waals surface area contributed by atoms with Gasteiger partial charge in [-0.2, -0.15) is 5.10 Å². The van der Waals surface area contributed by atoms with E-state index in [0.717, 1.165) is 5.56 Å². The molecule has 0 fully saturated rings. The number of benzene rings is 1. The third-order valence-corrected chi connectivity index (χ3v) is 1.95. The summed E-state index contributed by atoms with van der Waals surface area (Å²) in [6.07, 6.45) is 0.360. The Bertz CT molecular complexity index is 424. The van der Waals surface area contributed by atoms with Crippen molar-refractivity contribution in [2.24, 2.45) is 5.10 Å². The van der Waals surface area contributed by atoms with Crippen LogP contribution in [0.2, 0.25) is 0 Å². The molecule has 1 aromatic rings. The topological polar surface area (TPSA) is 67.8 Å². The number of hydrazone groups is 1. The van der Waals surface area contributed by atoms with Gasteiger partial charge in [-0.1, -0.05) is 17.7 Å². The van der Waals surface area contributed by atoms with Crippen molar-refractivity contribution in [1.82, 2.24) is 0 Å². The molecule has 0 aliphatic rings. The molecular weight excluding hydrogens is 220 g/mol. The van der Waals surface area contributed by atoms with Gasteiger partial charge in [0.2, 0.25) is 5.71 Å². The lowest BCUT2D eigenvalue weighted by Gasteiger charge is -2.02. The molecular formula is C12H14N2O3. The number of hydrogen-bond acceptors (Lipinski definition) is 5. The Morgan fingerprint density at radius 2 is 2.06 bits per heavy atom. The van der Waals surface area contributed by atoms with Crippen LogP contribution in [0.15, 0.2) is 29.4 Å². The number of anilines is 1. The van der Waals surface area contributed by atoms with Crippen LogP contribution < -0.4 is 5.43 Å². The maximum Gasteiger partial charge on any atom is 0.362 e. The summed E-state index contributed by atoms with van der Waals surface area (Å²) < 4.78 is 4.66. The van der Waals surface area contributed by atoms with Gasteiger partial charge in [0.25, 0.3) is 0 Å². The van der Waals surface area contributed by atoms with Gasteiger partial charge in [0.15, 0.2) is 6.29 Å². The van der Waals surface area contributed by atoms with Crippen molar-refractivity contribution in [3.05, 3.63) is 29.8 Å². The molecule has 5 nitrogen and oxygen atoms in total. The number of carbonyl (C=O) groups excluding carboxylic acids is 2. The summed E-state index contributed by atoms with van der Waals surface area (Å²) in [6, 6.07) is 7.38. The van der Waals surface area contributed by atoms with E-state index in [9.17, 15) is 9.59 Å². The molecule has 0 heterocycles. The molecule has 90 valence electrons. The first-order valence-corrected chi connectivity index (χ1v) is 5.20. The van der Waals surface area contributed by atoms with Crippen molar-refractivity contribution in [2.45, 2.75) is 13.8 Å². The molecule has 0 bridgehead atoms. The minimum Gasteiger partial charge on any atom is -0.461 e. The van der Waals surface area contributed by atoms with Crippen LogP contribution in [0.5, 0.6) is 0 Å². The van der Waals surface area contributed by atoms with Gasteiger partial charge in [-0.3, -0.25) is 10.2 Å². The van der Waals surface area contributed by atoms with Crippen LogP contribution in [0.4, 0.5) is 5.69 Å². The van der Waals surface area contributed by atoms with E-state index in [4.69, 9.17) is 0 Å². The molecule has 0 radical (unpaired) electrons. The molecule has 0 aliphatic heterocycles. The summed E-state index contributed by atoms with van der Waals surface area (Å²) in [5, 5.41) is 3.68. The lowest BCUT2D eigenvalue weighted by molar-refractivity contribution is -0.135. The number of carbonyl (C=O) groups is 2. The van der Waals surface area contributed by atoms with Gasteiger partial charge in [0.05, 0.1) is 12.3 Å². The highest BCUT2D eigenvalue weighted by molar-refractivity contribution is 6.58. The minimum absolute atomic E-state index is 0.205. The van der Waals surface area contributed by atoms with Crippen LogP contribution in [0, 0.1) is 6.92 Å². The second-order valence-corrected chi connectivity index (χ2v) is 3.31. The lowest BCUT2D eigenvalue weighted by atomic mass is 10.2. The highest BCUT2D eigenvalue weighted by Crippen LogP contribution is 2.08. The Labute approximate surface area is 99.5 Å². The third-order valence-electron chi connectivity index (χ3n) is 1.95. The predicted octanol–water partition coefficient (Wildman–Crippen LogP) is 1.52. The standard InChI is InChI=1S/C12H14N2O3/c1-3-17-12(16)11(8-15)14-13-10-6-4-9(2)5-7-10/h4-8,13H,3H2,1-2H3/b14-11+. The Morgan fingerprint density at radius 3 is 2.59 bits per heavy atom. The van der Waals surface area contributed by atoms with Gasteiger partial charge in [0.1, 0.15) is 0 Å². The zero-order valence-electron chi connectivity index (χ0n) is 9.77. The minimum atomic E-state index is -0.734. The van der Waals surface area contributed by atoms with Crippen molar-refractivity contribution < 1.29 is 14.3 Å². The molecule has 0 saturated heterocycles. The Morgan fingerprint density at radius 1 is 1.41 bits per heavy atom. The van der Waals surface area contributed by atoms with Crippen LogP contribution in [-0.2, 0) is 14.3 Å². The summed E-state index contributed by atoms with van der Waals surface area (Å²) in [7, 11) is 0. The molecule has 1 rings (SSSR count). The summed E-state index contributed by atoms with van der Waals surface area (Å²) in [6.45, 7) is 3.83. The average molecular weight is 234 g/mol. The smallest absolute Gasteiger partial charge is 0.362 e. The Balaban J connectivity index is 2.70. The summed E-state index contributed by atoms with van der Waals surface area (Å²) >= 11 is 0. The lowest BCUT2D eigenvalue weighted by Crippen LogP contribution is -2.20. The van der Waals surface area contributed by atoms with Crippen LogP contribution in [-0.4, -0.2) is 24.6 Å². The van der Waals surface area contributed by atoms with Gasteiger partial charge in [-0.15, -0.1) is 0 Å². The maximum absolute atomic E-state index is 11.2. The van der Waals surface area contributed by atoms with Crippen LogP contribution >= 0.6 is 0 Å². The van der Waals surface area contributed by atoms with Gasteiger partial charge in [0, 0.05) is 0 Å². The highest BCUT2D eigenvalue weighted by Gasteiger charge is 2.11. The largest absolute Gasteiger partial charge is 0.461 e. The van der Waals surface area contributed by atoms with E-state index < -0.39 is 5.97 Å². The summed E-state index contributed by atoms with van der Waals surface area (Å²) in [4.78, 5) is 21.9. The van der Waals surface area contributed by atoms with Gasteiger partial charge in [-0.25, -0.2) is 4.79 Å². The molecule has 0 aromatic heterocycles. The van der Waals surface area contributed by atoms with Crippen molar-refractivity contribution >= 4 is 23.7 Å². The number of nitrogens with one attached hydrogen (secondary N) is 1. The van der Waals surface area contributed by atoms with E-state index in [2.05, 4.69) is 15.3 Å². The molecule has 0 aliphatic carbocycles. The Hall–Kier alpha value is -2.17. The molecule has 0 saturated carbocycles. The number of nitrogens with zero attached hydrogens (tertiary/aromatic N) is 1. The SMILES string of the molecule is CCOC(=O)/C(C=O)=N/Nc1ccc(C)cc1. The first-order chi connectivity index (χ1) is 8.17. The van der Waals surface area contributed by atoms with Crippen LogP contribution in [0.3, 0.4) is 0 Å². The zero-order chi connectivity index (χ0) is 12.7. The molecule has 0 atom stereocenters. The van der Waals surface area contributed by atoms with Gasteiger partial charge >= 0.3 is 5.97 Å². The number of aryl methyl sites for hydroxylation is 1. The molecule has 17 heavy (non-hydrogen) atoms. The first kappa shape index (κ1) is 12.9. The highest BCUT2D eigenvalue weighted by atomic mass is 16.5. The van der Waals surface area contributed by atoms with Crippen molar-refractivity contribution in [3.8, 4) is 0 Å². The monoisotopic (exact) mass is 234 g/mol. The fourth-order valence-corrected chi connectivity index (χ4v) is 1.08. The summed E-state index contributed by atoms with van der Waals surface area (Å²) in [5.74, 6) is -0.734. The normalized spacial score (nSPS) is 10.8. The van der Waals surface area contributed by atoms with E-state index in [1.165, 1.54) is 0 Å². The number of hydrogen-bond donors (Lipinski definition) is 1. The molecule has 0 spiro atoms. The molecule has 5 heteroatoms. The van der Waals surface area contributed by atoms with Crippen LogP contribution in [0.1, 0.15) is 12.5 Å². The van der Waals surface area contributed by atoms with E-state index in [1.54, 1.807) is 19.1 Å². The number of aldehydes is 1. The molecule has 0 amide bonds. The molecule has 1 aromatic carbocycles. The van der Waals surface area contributed by atoms with Crippen molar-refractivity contribution in [3.63, 3.8) is 0 Å². The zero-order valence-corrected chi connectivity index (χ0v) is 9.77. The predicted molar refractivity (Wildman–Crippen MR) is 64.9 cm³/mol. The average Bonchev–Trinajstić information content (AvgIpc) is 2.32. The number of esters is 1. The molecule has 0 unspecified atom stereocenters. The second-order valence-electron chi connectivity index (χ2n) is 3.31. The van der Waals surface area contributed by atoms with Crippen LogP contribution in [0.25, 0.3) is 0 Å². The summed E-state index contributed by atoms with van der Waals surface area (Å²) in [5.41, 5.74) is 4.14. The van der Waals surface area contributed by atoms with E-state index in [-0.39, 0.29) is 12.3 Å². The van der Waals surface area contributed by atoms with E-state index in [1.807, 2.05) is 19.1 Å². The number of ether oxygens (including phenoxy) is 1. The van der Waals surface area contributed by atoms with Crippen molar-refractivity contribution in [2.75, 3.05) is 12.0 Å². The van der Waals surface area contributed by atoms with E-state index >= 15 is 0 Å².